The molecule has 2 unspecified atom stereocenters. The number of anilines is 1. The van der Waals surface area contributed by atoms with Crippen LogP contribution in [0.25, 0.3) is 11.1 Å². The van der Waals surface area contributed by atoms with Crippen molar-refractivity contribution in [2.45, 2.75) is 13.8 Å². The highest BCUT2D eigenvalue weighted by molar-refractivity contribution is 5.68. The number of rotatable bonds is 3. The van der Waals surface area contributed by atoms with Gasteiger partial charge in [0, 0.05) is 18.8 Å². The molecule has 0 bridgehead atoms. The summed E-state index contributed by atoms with van der Waals surface area (Å²) in [5, 5.41) is 0. The van der Waals surface area contributed by atoms with Gasteiger partial charge in [0.25, 0.3) is 0 Å². The van der Waals surface area contributed by atoms with Gasteiger partial charge in [-0.3, -0.25) is 0 Å². The van der Waals surface area contributed by atoms with Crippen molar-refractivity contribution in [2.24, 2.45) is 23.7 Å². The van der Waals surface area contributed by atoms with Crippen LogP contribution in [0.2, 0.25) is 0 Å². The molecule has 2 fully saturated rings. The molecule has 2 aliphatic rings. The molecule has 1 heterocycles. The molecular weight excluding hydrogens is 254 g/mol. The SMILES string of the molecule is CC(C)C1C2CN(c3cccc(-c4ccccc4)c3)CC21. The number of piperidine rings is 1. The molecule has 21 heavy (non-hydrogen) atoms. The van der Waals surface area contributed by atoms with E-state index in [1.807, 2.05) is 0 Å². The van der Waals surface area contributed by atoms with E-state index in [0.717, 1.165) is 23.7 Å². The van der Waals surface area contributed by atoms with Crippen LogP contribution >= 0.6 is 0 Å². The van der Waals surface area contributed by atoms with Crippen LogP contribution in [0.3, 0.4) is 0 Å². The highest BCUT2D eigenvalue weighted by Gasteiger charge is 2.56. The van der Waals surface area contributed by atoms with Gasteiger partial charge in [-0.2, -0.15) is 0 Å². The minimum Gasteiger partial charge on any atom is -0.371 e. The van der Waals surface area contributed by atoms with E-state index in [9.17, 15) is 0 Å². The van der Waals surface area contributed by atoms with Gasteiger partial charge in [0.1, 0.15) is 0 Å². The Morgan fingerprint density at radius 3 is 2.19 bits per heavy atom. The summed E-state index contributed by atoms with van der Waals surface area (Å²) in [6.45, 7) is 7.27. The Hall–Kier alpha value is -1.76. The first-order chi connectivity index (χ1) is 10.2. The fraction of sp³-hybridized carbons (Fsp3) is 0.400. The van der Waals surface area contributed by atoms with Crippen molar-refractivity contribution in [2.75, 3.05) is 18.0 Å². The van der Waals surface area contributed by atoms with Crippen LogP contribution in [-0.4, -0.2) is 13.1 Å². The average Bonchev–Trinajstić information content (AvgIpc) is 3.04. The Morgan fingerprint density at radius 2 is 1.52 bits per heavy atom. The molecule has 4 rings (SSSR count). The summed E-state index contributed by atoms with van der Waals surface area (Å²) in [6.07, 6.45) is 0. The van der Waals surface area contributed by atoms with E-state index in [4.69, 9.17) is 0 Å². The largest absolute Gasteiger partial charge is 0.371 e. The van der Waals surface area contributed by atoms with Gasteiger partial charge in [-0.05, 0) is 46.9 Å². The molecule has 0 radical (unpaired) electrons. The van der Waals surface area contributed by atoms with Gasteiger partial charge in [0.05, 0.1) is 0 Å². The second kappa shape index (κ2) is 4.91. The van der Waals surface area contributed by atoms with Crippen LogP contribution < -0.4 is 4.90 Å². The van der Waals surface area contributed by atoms with E-state index in [1.165, 1.54) is 29.9 Å². The third kappa shape index (κ3) is 2.25. The van der Waals surface area contributed by atoms with Crippen molar-refractivity contribution in [3.8, 4) is 11.1 Å². The zero-order valence-electron chi connectivity index (χ0n) is 12.9. The maximum absolute atomic E-state index is 2.58. The van der Waals surface area contributed by atoms with Crippen molar-refractivity contribution in [1.29, 1.82) is 0 Å². The lowest BCUT2D eigenvalue weighted by Crippen LogP contribution is -2.24. The summed E-state index contributed by atoms with van der Waals surface area (Å²) in [5.74, 6) is 3.74. The molecule has 0 amide bonds. The van der Waals surface area contributed by atoms with E-state index in [2.05, 4.69) is 73.3 Å². The first-order valence-corrected chi connectivity index (χ1v) is 8.14. The standard InChI is InChI=1S/C20H23N/c1-14(2)20-18-12-21(13-19(18)20)17-10-6-9-16(11-17)15-7-4-3-5-8-15/h3-11,14,18-20H,12-13H2,1-2H3. The van der Waals surface area contributed by atoms with Gasteiger partial charge in [-0.15, -0.1) is 0 Å². The van der Waals surface area contributed by atoms with Crippen molar-refractivity contribution >= 4 is 5.69 Å². The molecule has 2 atom stereocenters. The lowest BCUT2D eigenvalue weighted by molar-refractivity contribution is 0.480. The van der Waals surface area contributed by atoms with Gasteiger partial charge in [-0.1, -0.05) is 56.3 Å². The summed E-state index contributed by atoms with van der Waals surface area (Å²) < 4.78 is 0. The normalized spacial score (nSPS) is 27.0. The number of nitrogens with zero attached hydrogens (tertiary/aromatic N) is 1. The predicted molar refractivity (Wildman–Crippen MR) is 89.4 cm³/mol. The van der Waals surface area contributed by atoms with E-state index in [1.54, 1.807) is 0 Å². The van der Waals surface area contributed by atoms with Crippen LogP contribution in [0.5, 0.6) is 0 Å². The van der Waals surface area contributed by atoms with Gasteiger partial charge in [-0.25, -0.2) is 0 Å². The van der Waals surface area contributed by atoms with Crippen LogP contribution in [0.4, 0.5) is 5.69 Å². The fourth-order valence-electron chi connectivity index (χ4n) is 4.28. The molecule has 108 valence electrons. The molecule has 2 aromatic rings. The quantitative estimate of drug-likeness (QED) is 0.786. The molecule has 1 heteroatoms. The minimum atomic E-state index is 0.859. The Balaban J connectivity index is 1.53. The first kappa shape index (κ1) is 12.9. The Labute approximate surface area is 127 Å². The average molecular weight is 277 g/mol. The van der Waals surface area contributed by atoms with E-state index in [0.29, 0.717) is 0 Å². The van der Waals surface area contributed by atoms with Crippen molar-refractivity contribution < 1.29 is 0 Å². The van der Waals surface area contributed by atoms with E-state index in [-0.39, 0.29) is 0 Å². The van der Waals surface area contributed by atoms with Gasteiger partial charge < -0.3 is 4.90 Å². The zero-order chi connectivity index (χ0) is 14.4. The van der Waals surface area contributed by atoms with Crippen molar-refractivity contribution in [3.05, 3.63) is 54.6 Å². The van der Waals surface area contributed by atoms with Crippen LogP contribution in [0, 0.1) is 23.7 Å². The number of hydrogen-bond donors (Lipinski definition) is 0. The van der Waals surface area contributed by atoms with Crippen LogP contribution in [0.15, 0.2) is 54.6 Å². The summed E-state index contributed by atoms with van der Waals surface area (Å²) >= 11 is 0. The van der Waals surface area contributed by atoms with E-state index < -0.39 is 0 Å². The lowest BCUT2D eigenvalue weighted by Gasteiger charge is -2.23. The second-order valence-corrected chi connectivity index (χ2v) is 6.97. The summed E-state index contributed by atoms with van der Waals surface area (Å²) in [6, 6.07) is 19.7. The Morgan fingerprint density at radius 1 is 0.857 bits per heavy atom. The molecule has 2 aromatic carbocycles. The Bertz CT molecular complexity index is 619. The van der Waals surface area contributed by atoms with Crippen molar-refractivity contribution in [1.82, 2.24) is 0 Å². The molecule has 1 saturated heterocycles. The summed E-state index contributed by atoms with van der Waals surface area (Å²) in [7, 11) is 0. The molecule has 0 N–H and O–H groups in total. The highest BCUT2D eigenvalue weighted by atomic mass is 15.2. The van der Waals surface area contributed by atoms with Gasteiger partial charge in [0.15, 0.2) is 0 Å². The van der Waals surface area contributed by atoms with Gasteiger partial charge >= 0.3 is 0 Å². The minimum absolute atomic E-state index is 0.859. The highest BCUT2D eigenvalue weighted by Crippen LogP contribution is 2.56. The number of hydrogen-bond acceptors (Lipinski definition) is 1. The van der Waals surface area contributed by atoms with Gasteiger partial charge in [0.2, 0.25) is 0 Å². The smallest absolute Gasteiger partial charge is 0.0372 e. The van der Waals surface area contributed by atoms with Crippen LogP contribution in [-0.2, 0) is 0 Å². The maximum Gasteiger partial charge on any atom is 0.0372 e. The third-order valence-corrected chi connectivity index (χ3v) is 5.35. The monoisotopic (exact) mass is 277 g/mol. The first-order valence-electron chi connectivity index (χ1n) is 8.14. The van der Waals surface area contributed by atoms with E-state index >= 15 is 0 Å². The molecule has 1 aliphatic heterocycles. The molecule has 0 spiro atoms. The molecular formula is C20H23N. The second-order valence-electron chi connectivity index (χ2n) is 6.97. The number of benzene rings is 2. The summed E-state index contributed by atoms with van der Waals surface area (Å²) in [4.78, 5) is 2.58. The summed E-state index contributed by atoms with van der Waals surface area (Å²) in [5.41, 5.74) is 4.03. The zero-order valence-corrected chi connectivity index (χ0v) is 12.9. The maximum atomic E-state index is 2.58. The lowest BCUT2D eigenvalue weighted by atomic mass is 10.0. The molecule has 1 saturated carbocycles. The topological polar surface area (TPSA) is 3.24 Å². The Kier molecular flexibility index (Phi) is 3.02. The molecule has 1 nitrogen and oxygen atoms in total. The predicted octanol–water partition coefficient (Wildman–Crippen LogP) is 4.69. The molecule has 0 aromatic heterocycles. The van der Waals surface area contributed by atoms with Crippen molar-refractivity contribution in [3.63, 3.8) is 0 Å². The fourth-order valence-corrected chi connectivity index (χ4v) is 4.28. The van der Waals surface area contributed by atoms with Crippen LogP contribution in [0.1, 0.15) is 13.8 Å². The number of fused-ring (bicyclic) bond motifs is 1. The third-order valence-electron chi connectivity index (χ3n) is 5.35. The molecule has 1 aliphatic carbocycles.